The largest absolute Gasteiger partial charge is 0.493 e. The van der Waals surface area contributed by atoms with Gasteiger partial charge in [0.2, 0.25) is 0 Å². The lowest BCUT2D eigenvalue weighted by Gasteiger charge is -2.15. The van der Waals surface area contributed by atoms with Crippen LogP contribution in [-0.2, 0) is 6.54 Å². The maximum absolute atomic E-state index is 9.21. The highest BCUT2D eigenvalue weighted by atomic mass is 16.5. The van der Waals surface area contributed by atoms with E-state index in [1.54, 1.807) is 14.0 Å². The Balaban J connectivity index is 2.77. The number of methoxy groups -OCH3 is 1. The summed E-state index contributed by atoms with van der Waals surface area (Å²) in [5.74, 6) is 1.48. The van der Waals surface area contributed by atoms with Gasteiger partial charge in [-0.15, -0.1) is 0 Å². The van der Waals surface area contributed by atoms with Gasteiger partial charge in [-0.3, -0.25) is 0 Å². The number of aliphatic hydroxyl groups excluding tert-OH is 1. The second-order valence-corrected chi connectivity index (χ2v) is 3.97. The summed E-state index contributed by atoms with van der Waals surface area (Å²) < 4.78 is 11.0. The minimum Gasteiger partial charge on any atom is -0.493 e. The molecule has 4 heteroatoms. The van der Waals surface area contributed by atoms with E-state index in [0.29, 0.717) is 13.0 Å². The van der Waals surface area contributed by atoms with Gasteiger partial charge in [0.1, 0.15) is 0 Å². The Morgan fingerprint density at radius 1 is 1.41 bits per heavy atom. The maximum atomic E-state index is 9.21. The maximum Gasteiger partial charge on any atom is 0.165 e. The second kappa shape index (κ2) is 7.14. The van der Waals surface area contributed by atoms with Crippen molar-refractivity contribution < 1.29 is 14.6 Å². The number of nitrogens with one attached hydrogen (secondary N) is 1. The van der Waals surface area contributed by atoms with Crippen LogP contribution in [0.15, 0.2) is 18.2 Å². The highest BCUT2D eigenvalue weighted by Gasteiger charge is 2.10. The van der Waals surface area contributed by atoms with Crippen molar-refractivity contribution in [3.8, 4) is 11.5 Å². The van der Waals surface area contributed by atoms with Gasteiger partial charge < -0.3 is 19.9 Å². The van der Waals surface area contributed by atoms with Gasteiger partial charge in [0.25, 0.3) is 0 Å². The van der Waals surface area contributed by atoms with Crippen LogP contribution in [0, 0.1) is 0 Å². The second-order valence-electron chi connectivity index (χ2n) is 3.97. The molecule has 0 aliphatic heterocycles. The smallest absolute Gasteiger partial charge is 0.165 e. The Morgan fingerprint density at radius 2 is 2.18 bits per heavy atom. The Kier molecular flexibility index (Phi) is 5.80. The fourth-order valence-electron chi connectivity index (χ4n) is 1.55. The zero-order valence-corrected chi connectivity index (χ0v) is 10.7. The highest BCUT2D eigenvalue weighted by molar-refractivity contribution is 5.46. The van der Waals surface area contributed by atoms with E-state index in [2.05, 4.69) is 5.32 Å². The fraction of sp³-hybridized carbons (Fsp3) is 0.538. The molecular formula is C13H21NO3. The van der Waals surface area contributed by atoms with Crippen molar-refractivity contribution in [1.82, 2.24) is 5.32 Å². The van der Waals surface area contributed by atoms with E-state index in [0.717, 1.165) is 23.6 Å². The minimum absolute atomic E-state index is 0.350. The molecule has 0 bridgehead atoms. The van der Waals surface area contributed by atoms with Crippen molar-refractivity contribution in [1.29, 1.82) is 0 Å². The Bertz CT molecular complexity index is 339. The van der Waals surface area contributed by atoms with Gasteiger partial charge in [-0.1, -0.05) is 12.1 Å². The van der Waals surface area contributed by atoms with Crippen molar-refractivity contribution in [3.05, 3.63) is 23.8 Å². The molecule has 2 N–H and O–H groups in total. The van der Waals surface area contributed by atoms with Gasteiger partial charge in [0, 0.05) is 18.5 Å². The number of benzene rings is 1. The summed E-state index contributed by atoms with van der Waals surface area (Å²) in [4.78, 5) is 0. The van der Waals surface area contributed by atoms with Crippen LogP contribution in [0.4, 0.5) is 0 Å². The number of hydrogen-bond donors (Lipinski definition) is 2. The lowest BCUT2D eigenvalue weighted by atomic mass is 10.2. The lowest BCUT2D eigenvalue weighted by molar-refractivity contribution is 0.153. The molecule has 17 heavy (non-hydrogen) atoms. The van der Waals surface area contributed by atoms with E-state index in [4.69, 9.17) is 9.47 Å². The molecule has 0 aliphatic carbocycles. The van der Waals surface area contributed by atoms with Gasteiger partial charge in [0.05, 0.1) is 19.8 Å². The molecule has 96 valence electrons. The molecule has 0 amide bonds. The third-order valence-corrected chi connectivity index (χ3v) is 2.43. The van der Waals surface area contributed by atoms with E-state index in [1.165, 1.54) is 0 Å². The first kappa shape index (κ1) is 13.8. The quantitative estimate of drug-likeness (QED) is 0.758. The summed E-state index contributed by atoms with van der Waals surface area (Å²) in [6.07, 6.45) is 0.259. The number of ether oxygens (including phenoxy) is 2. The molecule has 0 radical (unpaired) electrons. The van der Waals surface area contributed by atoms with Crippen LogP contribution in [0.2, 0.25) is 0 Å². The highest BCUT2D eigenvalue weighted by Crippen LogP contribution is 2.31. The number of hydrogen-bond acceptors (Lipinski definition) is 4. The molecule has 0 saturated carbocycles. The molecule has 1 unspecified atom stereocenters. The summed E-state index contributed by atoms with van der Waals surface area (Å²) in [6.45, 7) is 2.95. The van der Waals surface area contributed by atoms with Crippen LogP contribution in [0.5, 0.6) is 11.5 Å². The van der Waals surface area contributed by atoms with E-state index in [-0.39, 0.29) is 6.10 Å². The first-order chi connectivity index (χ1) is 8.19. The molecule has 0 aliphatic rings. The van der Waals surface area contributed by atoms with Gasteiger partial charge in [-0.25, -0.2) is 0 Å². The fourth-order valence-corrected chi connectivity index (χ4v) is 1.55. The third kappa shape index (κ3) is 4.24. The number of para-hydroxylation sites is 1. The summed E-state index contributed by atoms with van der Waals surface area (Å²) >= 11 is 0. The average Bonchev–Trinajstić information content (AvgIpc) is 2.30. The Hall–Kier alpha value is -1.26. The first-order valence-electron chi connectivity index (χ1n) is 5.80. The molecule has 1 aromatic carbocycles. The zero-order chi connectivity index (χ0) is 12.7. The molecule has 0 heterocycles. The van der Waals surface area contributed by atoms with Gasteiger partial charge in [-0.05, 0) is 20.0 Å². The summed E-state index contributed by atoms with van der Waals surface area (Å²) in [7, 11) is 3.51. The van der Waals surface area contributed by atoms with E-state index in [1.807, 2.05) is 25.2 Å². The number of rotatable bonds is 7. The molecule has 1 aromatic rings. The summed E-state index contributed by atoms with van der Waals surface area (Å²) in [5, 5.41) is 12.3. The van der Waals surface area contributed by atoms with E-state index >= 15 is 0 Å². The Labute approximate surface area is 103 Å². The summed E-state index contributed by atoms with van der Waals surface area (Å²) in [5.41, 5.74) is 1.05. The van der Waals surface area contributed by atoms with Crippen molar-refractivity contribution in [3.63, 3.8) is 0 Å². The van der Waals surface area contributed by atoms with Gasteiger partial charge in [-0.2, -0.15) is 0 Å². The zero-order valence-electron chi connectivity index (χ0n) is 10.7. The lowest BCUT2D eigenvalue weighted by Crippen LogP contribution is -2.11. The molecule has 0 spiro atoms. The standard InChI is InChI=1S/C13H21NO3/c1-10(15)7-8-17-13-11(9-14-2)5-4-6-12(13)16-3/h4-6,10,14-15H,7-9H2,1-3H3. The van der Waals surface area contributed by atoms with Crippen LogP contribution in [0.1, 0.15) is 18.9 Å². The summed E-state index contributed by atoms with van der Waals surface area (Å²) in [6, 6.07) is 5.81. The number of aliphatic hydroxyl groups is 1. The van der Waals surface area contributed by atoms with E-state index < -0.39 is 0 Å². The molecule has 0 fully saturated rings. The topological polar surface area (TPSA) is 50.7 Å². The van der Waals surface area contributed by atoms with Gasteiger partial charge >= 0.3 is 0 Å². The predicted octanol–water partition coefficient (Wildman–Crippen LogP) is 1.56. The SMILES string of the molecule is CNCc1cccc(OC)c1OCCC(C)O. The van der Waals surface area contributed by atoms with Crippen molar-refractivity contribution in [2.75, 3.05) is 20.8 Å². The molecule has 0 aromatic heterocycles. The normalized spacial score (nSPS) is 12.2. The van der Waals surface area contributed by atoms with Crippen molar-refractivity contribution in [2.24, 2.45) is 0 Å². The Morgan fingerprint density at radius 3 is 2.76 bits per heavy atom. The molecule has 0 saturated heterocycles. The van der Waals surface area contributed by atoms with Crippen LogP contribution in [0.25, 0.3) is 0 Å². The van der Waals surface area contributed by atoms with Crippen LogP contribution < -0.4 is 14.8 Å². The monoisotopic (exact) mass is 239 g/mol. The van der Waals surface area contributed by atoms with E-state index in [9.17, 15) is 5.11 Å². The van der Waals surface area contributed by atoms with Crippen molar-refractivity contribution in [2.45, 2.75) is 26.0 Å². The first-order valence-corrected chi connectivity index (χ1v) is 5.80. The molecular weight excluding hydrogens is 218 g/mol. The average molecular weight is 239 g/mol. The van der Waals surface area contributed by atoms with Crippen LogP contribution >= 0.6 is 0 Å². The molecule has 1 rings (SSSR count). The minimum atomic E-state index is -0.350. The van der Waals surface area contributed by atoms with Crippen LogP contribution in [-0.4, -0.2) is 32.0 Å². The van der Waals surface area contributed by atoms with Crippen LogP contribution in [0.3, 0.4) is 0 Å². The molecule has 1 atom stereocenters. The van der Waals surface area contributed by atoms with Gasteiger partial charge in [0.15, 0.2) is 11.5 Å². The third-order valence-electron chi connectivity index (χ3n) is 2.43. The predicted molar refractivity (Wildman–Crippen MR) is 67.6 cm³/mol. The molecule has 4 nitrogen and oxygen atoms in total. The van der Waals surface area contributed by atoms with Crippen molar-refractivity contribution >= 4 is 0 Å².